The number of rotatable bonds is 5. The van der Waals surface area contributed by atoms with Crippen LogP contribution in [0.2, 0.25) is 0 Å². The molecule has 0 atom stereocenters. The lowest BCUT2D eigenvalue weighted by atomic mass is 9.84. The van der Waals surface area contributed by atoms with Crippen LogP contribution in [0.3, 0.4) is 0 Å². The standard InChI is InChI=1S/C19H22BrN3O2S/c1-14-10-12-16(13-11-14)26(24,25)23-22-19(15-6-3-2-4-7-15)17-8-5-9-18(20)21-17/h5,8-13,15,23H,2-4,6-7H2,1H3. The summed E-state index contributed by atoms with van der Waals surface area (Å²) in [5.74, 6) is 0.214. The van der Waals surface area contributed by atoms with Crippen LogP contribution in [0.25, 0.3) is 0 Å². The van der Waals surface area contributed by atoms with E-state index in [0.29, 0.717) is 16.0 Å². The third-order valence-electron chi connectivity index (χ3n) is 4.59. The highest BCUT2D eigenvalue weighted by atomic mass is 79.9. The molecule has 7 heteroatoms. The topological polar surface area (TPSA) is 71.4 Å². The average molecular weight is 436 g/mol. The van der Waals surface area contributed by atoms with Crippen LogP contribution in [0.1, 0.15) is 43.4 Å². The first-order valence-corrected chi connectivity index (χ1v) is 11.0. The molecule has 1 aliphatic rings. The molecule has 0 spiro atoms. The summed E-state index contributed by atoms with van der Waals surface area (Å²) in [5.41, 5.74) is 2.42. The second-order valence-corrected chi connectivity index (χ2v) is 9.06. The van der Waals surface area contributed by atoms with Crippen molar-refractivity contribution < 1.29 is 8.42 Å². The molecule has 138 valence electrons. The molecular weight excluding hydrogens is 414 g/mol. The van der Waals surface area contributed by atoms with Gasteiger partial charge in [-0.3, -0.25) is 0 Å². The van der Waals surface area contributed by atoms with Gasteiger partial charge >= 0.3 is 0 Å². The van der Waals surface area contributed by atoms with Gasteiger partial charge in [0.2, 0.25) is 0 Å². The van der Waals surface area contributed by atoms with E-state index in [-0.39, 0.29) is 10.8 Å². The van der Waals surface area contributed by atoms with Crippen LogP contribution in [0.15, 0.2) is 57.1 Å². The van der Waals surface area contributed by atoms with Gasteiger partial charge < -0.3 is 0 Å². The van der Waals surface area contributed by atoms with Crippen LogP contribution in [0, 0.1) is 12.8 Å². The van der Waals surface area contributed by atoms with E-state index >= 15 is 0 Å². The van der Waals surface area contributed by atoms with Crippen molar-refractivity contribution in [3.63, 3.8) is 0 Å². The molecule has 26 heavy (non-hydrogen) atoms. The summed E-state index contributed by atoms with van der Waals surface area (Å²) in [4.78, 5) is 7.11. The predicted molar refractivity (Wildman–Crippen MR) is 107 cm³/mol. The summed E-state index contributed by atoms with van der Waals surface area (Å²) >= 11 is 3.38. The summed E-state index contributed by atoms with van der Waals surface area (Å²) < 4.78 is 25.9. The number of hydrogen-bond acceptors (Lipinski definition) is 4. The van der Waals surface area contributed by atoms with Crippen molar-refractivity contribution in [3.8, 4) is 0 Å². The van der Waals surface area contributed by atoms with Crippen molar-refractivity contribution in [2.24, 2.45) is 11.0 Å². The lowest BCUT2D eigenvalue weighted by Crippen LogP contribution is -2.26. The van der Waals surface area contributed by atoms with Crippen molar-refractivity contribution in [2.75, 3.05) is 0 Å². The number of aromatic nitrogens is 1. The molecule has 1 N–H and O–H groups in total. The van der Waals surface area contributed by atoms with Crippen molar-refractivity contribution in [3.05, 3.63) is 58.3 Å². The molecule has 0 amide bonds. The molecule has 0 radical (unpaired) electrons. The zero-order valence-electron chi connectivity index (χ0n) is 14.7. The van der Waals surface area contributed by atoms with Gasteiger partial charge in [0, 0.05) is 5.92 Å². The molecule has 1 aromatic carbocycles. The van der Waals surface area contributed by atoms with Crippen molar-refractivity contribution in [1.29, 1.82) is 0 Å². The Morgan fingerprint density at radius 3 is 2.46 bits per heavy atom. The molecule has 1 heterocycles. The van der Waals surface area contributed by atoms with Gasteiger partial charge in [-0.25, -0.2) is 4.98 Å². The first-order valence-electron chi connectivity index (χ1n) is 8.75. The van der Waals surface area contributed by atoms with E-state index in [0.717, 1.165) is 31.2 Å². The molecule has 5 nitrogen and oxygen atoms in total. The Hall–Kier alpha value is -1.73. The first kappa shape index (κ1) is 19.0. The van der Waals surface area contributed by atoms with Crippen LogP contribution in [0.4, 0.5) is 0 Å². The number of pyridine rings is 1. The van der Waals surface area contributed by atoms with Crippen LogP contribution < -0.4 is 4.83 Å². The Labute approximate surface area is 163 Å². The molecule has 0 unspecified atom stereocenters. The summed E-state index contributed by atoms with van der Waals surface area (Å²) in [6, 6.07) is 12.3. The highest BCUT2D eigenvalue weighted by molar-refractivity contribution is 9.10. The fourth-order valence-corrected chi connectivity index (χ4v) is 4.33. The van der Waals surface area contributed by atoms with Gasteiger partial charge in [-0.1, -0.05) is 43.0 Å². The number of sulfonamides is 1. The summed E-state index contributed by atoms with van der Waals surface area (Å²) in [6.45, 7) is 1.92. The van der Waals surface area contributed by atoms with E-state index in [1.165, 1.54) is 6.42 Å². The fourth-order valence-electron chi connectivity index (χ4n) is 3.16. The minimum atomic E-state index is -3.71. The third kappa shape index (κ3) is 4.71. The van der Waals surface area contributed by atoms with Gasteiger partial charge in [0.1, 0.15) is 4.60 Å². The molecule has 1 aliphatic carbocycles. The van der Waals surface area contributed by atoms with Crippen LogP contribution in [0.5, 0.6) is 0 Å². The normalized spacial score (nSPS) is 16.5. The average Bonchev–Trinajstić information content (AvgIpc) is 2.63. The minimum absolute atomic E-state index is 0.206. The van der Waals surface area contributed by atoms with E-state index in [1.54, 1.807) is 24.3 Å². The smallest absolute Gasteiger partial charge is 0.240 e. The molecule has 0 saturated heterocycles. The van der Waals surface area contributed by atoms with Crippen molar-refractivity contribution in [2.45, 2.75) is 43.9 Å². The van der Waals surface area contributed by atoms with E-state index in [9.17, 15) is 8.42 Å². The Kier molecular flexibility index (Phi) is 6.09. The summed E-state index contributed by atoms with van der Waals surface area (Å²) in [5, 5.41) is 4.32. The Morgan fingerprint density at radius 1 is 1.12 bits per heavy atom. The molecule has 0 aliphatic heterocycles. The minimum Gasteiger partial charge on any atom is -0.240 e. The lowest BCUT2D eigenvalue weighted by molar-refractivity contribution is 0.438. The van der Waals surface area contributed by atoms with Gasteiger partial charge in [-0.05, 0) is 60.0 Å². The Bertz CT molecular complexity index is 889. The number of benzene rings is 1. The number of nitrogens with one attached hydrogen (secondary N) is 1. The number of halogens is 1. The van der Waals surface area contributed by atoms with E-state index in [1.807, 2.05) is 25.1 Å². The molecular formula is C19H22BrN3O2S. The SMILES string of the molecule is Cc1ccc(S(=O)(=O)NN=C(c2cccc(Br)n2)C2CCCCC2)cc1. The van der Waals surface area contributed by atoms with Crippen LogP contribution in [-0.2, 0) is 10.0 Å². The lowest BCUT2D eigenvalue weighted by Gasteiger charge is -2.23. The number of nitrogens with zero attached hydrogens (tertiary/aromatic N) is 2. The van der Waals surface area contributed by atoms with Crippen molar-refractivity contribution >= 4 is 31.7 Å². The maximum atomic E-state index is 12.6. The van der Waals surface area contributed by atoms with Gasteiger partial charge in [0.25, 0.3) is 10.0 Å². The first-order chi connectivity index (χ1) is 12.5. The van der Waals surface area contributed by atoms with Gasteiger partial charge in [-0.2, -0.15) is 18.4 Å². The third-order valence-corrected chi connectivity index (χ3v) is 6.25. The number of aryl methyl sites for hydroxylation is 1. The van der Waals surface area contributed by atoms with Crippen LogP contribution in [-0.4, -0.2) is 19.1 Å². The highest BCUT2D eigenvalue weighted by Crippen LogP contribution is 2.27. The molecule has 1 saturated carbocycles. The van der Waals surface area contributed by atoms with Gasteiger partial charge in [-0.15, -0.1) is 0 Å². The van der Waals surface area contributed by atoms with E-state index in [2.05, 4.69) is 30.8 Å². The maximum absolute atomic E-state index is 12.6. The largest absolute Gasteiger partial charge is 0.276 e. The molecule has 3 rings (SSSR count). The summed E-state index contributed by atoms with van der Waals surface area (Å²) in [6.07, 6.45) is 5.47. The Balaban J connectivity index is 1.91. The second kappa shape index (κ2) is 8.31. The van der Waals surface area contributed by atoms with Gasteiger partial charge in [0.15, 0.2) is 0 Å². The number of hydrazone groups is 1. The maximum Gasteiger partial charge on any atom is 0.276 e. The quantitative estimate of drug-likeness (QED) is 0.429. The fraction of sp³-hybridized carbons (Fsp3) is 0.368. The predicted octanol–water partition coefficient (Wildman–Crippen LogP) is 4.42. The molecule has 2 aromatic rings. The van der Waals surface area contributed by atoms with E-state index in [4.69, 9.17) is 0 Å². The zero-order valence-corrected chi connectivity index (χ0v) is 17.1. The Morgan fingerprint density at radius 2 is 1.81 bits per heavy atom. The zero-order chi connectivity index (χ0) is 18.6. The van der Waals surface area contributed by atoms with Crippen LogP contribution >= 0.6 is 15.9 Å². The monoisotopic (exact) mass is 435 g/mol. The van der Waals surface area contributed by atoms with E-state index < -0.39 is 10.0 Å². The second-order valence-electron chi connectivity index (χ2n) is 6.59. The molecule has 1 aromatic heterocycles. The number of hydrogen-bond donors (Lipinski definition) is 1. The van der Waals surface area contributed by atoms with Crippen molar-refractivity contribution in [1.82, 2.24) is 9.82 Å². The highest BCUT2D eigenvalue weighted by Gasteiger charge is 2.23. The molecule has 0 bridgehead atoms. The van der Waals surface area contributed by atoms with Gasteiger partial charge in [0.05, 0.1) is 16.3 Å². The molecule has 1 fully saturated rings. The summed E-state index contributed by atoms with van der Waals surface area (Å²) in [7, 11) is -3.71.